The Morgan fingerprint density at radius 2 is 2.15 bits per heavy atom. The maximum Gasteiger partial charge on any atom is 0.305 e. The average Bonchev–Trinajstić information content (AvgIpc) is 3.38. The molecule has 0 amide bonds. The molecule has 7 heteroatoms. The number of rotatable bonds is 11. The first-order valence-corrected chi connectivity index (χ1v) is 13.9. The summed E-state index contributed by atoms with van der Waals surface area (Å²) in [6.07, 6.45) is 6.69. The largest absolute Gasteiger partial charge is 0.495 e. The molecule has 0 radical (unpaired) electrons. The lowest BCUT2D eigenvalue weighted by atomic mass is 9.80. The quantitative estimate of drug-likeness (QED) is 0.242. The predicted octanol–water partition coefficient (Wildman–Crippen LogP) is 5.92. The molecule has 1 aromatic carbocycles. The SMILES string of the molecule is COC(=O)C[C@H]1CN(CCSc2cccs2)CC[C@H]1CCCc1cccc2ncc(OC)cc12. The van der Waals surface area contributed by atoms with Crippen molar-refractivity contribution in [3.05, 3.63) is 53.5 Å². The summed E-state index contributed by atoms with van der Waals surface area (Å²) in [6.45, 7) is 3.17. The minimum Gasteiger partial charge on any atom is -0.495 e. The van der Waals surface area contributed by atoms with Crippen LogP contribution in [0.2, 0.25) is 0 Å². The van der Waals surface area contributed by atoms with Crippen LogP contribution in [0.1, 0.15) is 31.2 Å². The molecule has 2 atom stereocenters. The number of likely N-dealkylation sites (tertiary alicyclic amines) is 1. The number of benzene rings is 1. The van der Waals surface area contributed by atoms with E-state index in [4.69, 9.17) is 9.47 Å². The molecule has 34 heavy (non-hydrogen) atoms. The molecule has 3 aromatic rings. The number of fused-ring (bicyclic) bond motifs is 1. The van der Waals surface area contributed by atoms with E-state index in [9.17, 15) is 4.79 Å². The number of nitrogens with zero attached hydrogens (tertiary/aromatic N) is 2. The lowest BCUT2D eigenvalue weighted by Crippen LogP contribution is -2.42. The Balaban J connectivity index is 1.33. The van der Waals surface area contributed by atoms with Gasteiger partial charge < -0.3 is 14.4 Å². The van der Waals surface area contributed by atoms with E-state index < -0.39 is 0 Å². The molecule has 5 nitrogen and oxygen atoms in total. The van der Waals surface area contributed by atoms with Gasteiger partial charge in [0.05, 0.1) is 30.1 Å². The molecule has 0 saturated carbocycles. The van der Waals surface area contributed by atoms with Crippen LogP contribution < -0.4 is 4.74 Å². The smallest absolute Gasteiger partial charge is 0.305 e. The van der Waals surface area contributed by atoms with Crippen molar-refractivity contribution < 1.29 is 14.3 Å². The van der Waals surface area contributed by atoms with Crippen LogP contribution in [-0.4, -0.2) is 55.5 Å². The number of hydrogen-bond donors (Lipinski definition) is 0. The summed E-state index contributed by atoms with van der Waals surface area (Å²) >= 11 is 3.73. The molecule has 0 spiro atoms. The number of methoxy groups -OCH3 is 2. The highest BCUT2D eigenvalue weighted by molar-refractivity contribution is 8.01. The van der Waals surface area contributed by atoms with Crippen molar-refractivity contribution in [2.75, 3.05) is 39.6 Å². The molecule has 182 valence electrons. The molecule has 0 aliphatic carbocycles. The van der Waals surface area contributed by atoms with Crippen LogP contribution in [0.15, 0.2) is 52.2 Å². The summed E-state index contributed by atoms with van der Waals surface area (Å²) in [7, 11) is 3.18. The van der Waals surface area contributed by atoms with Crippen molar-refractivity contribution in [1.29, 1.82) is 0 Å². The van der Waals surface area contributed by atoms with E-state index in [0.29, 0.717) is 18.3 Å². The second kappa shape index (κ2) is 12.6. The Kier molecular flexibility index (Phi) is 9.25. The number of ether oxygens (including phenoxy) is 2. The van der Waals surface area contributed by atoms with E-state index >= 15 is 0 Å². The summed E-state index contributed by atoms with van der Waals surface area (Å²) in [6, 6.07) is 12.7. The molecule has 1 saturated heterocycles. The molecule has 3 heterocycles. The van der Waals surface area contributed by atoms with Gasteiger partial charge in [0.25, 0.3) is 0 Å². The van der Waals surface area contributed by atoms with Crippen LogP contribution >= 0.6 is 23.1 Å². The van der Waals surface area contributed by atoms with Gasteiger partial charge in [-0.15, -0.1) is 23.1 Å². The molecule has 1 aliphatic heterocycles. The number of carbonyl (C=O) groups is 1. The highest BCUT2D eigenvalue weighted by atomic mass is 32.2. The Bertz CT molecular complexity index is 1060. The van der Waals surface area contributed by atoms with Crippen LogP contribution in [-0.2, 0) is 16.0 Å². The lowest BCUT2D eigenvalue weighted by molar-refractivity contribution is -0.142. The second-order valence-electron chi connectivity index (χ2n) is 8.92. The Morgan fingerprint density at radius 1 is 1.24 bits per heavy atom. The van der Waals surface area contributed by atoms with Crippen molar-refractivity contribution in [3.63, 3.8) is 0 Å². The van der Waals surface area contributed by atoms with Gasteiger partial charge in [0.1, 0.15) is 5.75 Å². The summed E-state index contributed by atoms with van der Waals surface area (Å²) < 4.78 is 11.8. The Hall–Kier alpha value is -2.09. The monoisotopic (exact) mass is 498 g/mol. The third kappa shape index (κ3) is 6.74. The maximum absolute atomic E-state index is 12.1. The molecule has 1 fully saturated rings. The normalized spacial score (nSPS) is 18.8. The first kappa shape index (κ1) is 25.0. The highest BCUT2D eigenvalue weighted by Gasteiger charge is 2.30. The summed E-state index contributed by atoms with van der Waals surface area (Å²) in [5.41, 5.74) is 2.33. The maximum atomic E-state index is 12.1. The van der Waals surface area contributed by atoms with Crippen LogP contribution in [0.4, 0.5) is 0 Å². The standard InChI is InChI=1S/C27H34N2O3S2/c1-31-23-17-24-21(8-4-9-25(24)28-18-23)7-3-6-20-11-12-29(19-22(20)16-26(30)32-2)13-15-34-27-10-5-14-33-27/h4-5,8-10,14,17-18,20,22H,3,6-7,11-13,15-16,19H2,1-2H3/t20-,22+/m1/s1. The molecular formula is C27H34N2O3S2. The number of thiophene rings is 1. The fraction of sp³-hybridized carbons (Fsp3) is 0.481. The number of piperidine rings is 1. The highest BCUT2D eigenvalue weighted by Crippen LogP contribution is 2.32. The van der Waals surface area contributed by atoms with Crippen LogP contribution in [0.5, 0.6) is 5.75 Å². The first-order valence-electron chi connectivity index (χ1n) is 12.0. The number of hydrogen-bond acceptors (Lipinski definition) is 7. The summed E-state index contributed by atoms with van der Waals surface area (Å²) in [5.74, 6) is 2.72. The first-order chi connectivity index (χ1) is 16.7. The zero-order chi connectivity index (χ0) is 23.8. The van der Waals surface area contributed by atoms with Gasteiger partial charge in [-0.25, -0.2) is 0 Å². The van der Waals surface area contributed by atoms with E-state index in [1.165, 1.54) is 22.3 Å². The van der Waals surface area contributed by atoms with Crippen LogP contribution in [0.25, 0.3) is 10.9 Å². The van der Waals surface area contributed by atoms with Crippen molar-refractivity contribution in [3.8, 4) is 5.75 Å². The molecular weight excluding hydrogens is 464 g/mol. The number of thioether (sulfide) groups is 1. The van der Waals surface area contributed by atoms with Crippen molar-refractivity contribution in [1.82, 2.24) is 9.88 Å². The Labute approximate surface area is 210 Å². The summed E-state index contributed by atoms with van der Waals surface area (Å²) in [5, 5.41) is 3.30. The number of esters is 1. The minimum absolute atomic E-state index is 0.0861. The van der Waals surface area contributed by atoms with Crippen LogP contribution in [0, 0.1) is 11.8 Å². The van der Waals surface area contributed by atoms with E-state index in [2.05, 4.69) is 51.7 Å². The molecule has 0 N–H and O–H groups in total. The lowest BCUT2D eigenvalue weighted by Gasteiger charge is -2.38. The topological polar surface area (TPSA) is 51.7 Å². The van der Waals surface area contributed by atoms with Gasteiger partial charge in [-0.1, -0.05) is 18.2 Å². The van der Waals surface area contributed by atoms with E-state index in [0.717, 1.165) is 62.3 Å². The second-order valence-corrected chi connectivity index (χ2v) is 11.3. The van der Waals surface area contributed by atoms with Crippen molar-refractivity contribution >= 4 is 40.0 Å². The Morgan fingerprint density at radius 3 is 2.94 bits per heavy atom. The minimum atomic E-state index is -0.0861. The van der Waals surface area contributed by atoms with Gasteiger partial charge in [0.2, 0.25) is 0 Å². The van der Waals surface area contributed by atoms with Gasteiger partial charge in [-0.2, -0.15) is 0 Å². The fourth-order valence-electron chi connectivity index (χ4n) is 4.96. The van der Waals surface area contributed by atoms with Crippen molar-refractivity contribution in [2.45, 2.75) is 36.3 Å². The molecule has 2 aromatic heterocycles. The number of pyridine rings is 1. The van der Waals surface area contributed by atoms with Gasteiger partial charge >= 0.3 is 5.97 Å². The third-order valence-electron chi connectivity index (χ3n) is 6.83. The van der Waals surface area contributed by atoms with Crippen LogP contribution in [0.3, 0.4) is 0 Å². The summed E-state index contributed by atoms with van der Waals surface area (Å²) in [4.78, 5) is 19.2. The third-order valence-corrected chi connectivity index (χ3v) is 8.94. The van der Waals surface area contributed by atoms with E-state index in [1.807, 2.05) is 11.8 Å². The number of aryl methyl sites for hydroxylation is 1. The van der Waals surface area contributed by atoms with Gasteiger partial charge in [0.15, 0.2) is 0 Å². The van der Waals surface area contributed by atoms with Gasteiger partial charge in [-0.05, 0) is 73.2 Å². The zero-order valence-corrected chi connectivity index (χ0v) is 21.7. The predicted molar refractivity (Wildman–Crippen MR) is 141 cm³/mol. The van der Waals surface area contributed by atoms with E-state index in [1.54, 1.807) is 24.6 Å². The molecule has 4 rings (SSSR count). The zero-order valence-electron chi connectivity index (χ0n) is 20.1. The van der Waals surface area contributed by atoms with Gasteiger partial charge in [0, 0.05) is 30.6 Å². The number of aromatic nitrogens is 1. The number of carbonyl (C=O) groups excluding carboxylic acids is 1. The molecule has 0 unspecified atom stereocenters. The molecule has 0 bridgehead atoms. The van der Waals surface area contributed by atoms with Crippen molar-refractivity contribution in [2.24, 2.45) is 11.8 Å². The van der Waals surface area contributed by atoms with Gasteiger partial charge in [-0.3, -0.25) is 9.78 Å². The average molecular weight is 499 g/mol. The van der Waals surface area contributed by atoms with E-state index in [-0.39, 0.29) is 5.97 Å². The molecule has 1 aliphatic rings. The fourth-order valence-corrected chi connectivity index (χ4v) is 6.83.